The minimum atomic E-state index is -0.994. The molecule has 2 N–H and O–H groups in total. The quantitative estimate of drug-likeness (QED) is 0.728. The zero-order chi connectivity index (χ0) is 15.2. The van der Waals surface area contributed by atoms with E-state index in [1.165, 1.54) is 0 Å². The summed E-state index contributed by atoms with van der Waals surface area (Å²) in [5.41, 5.74) is 0.265. The molecule has 0 radical (unpaired) electrons. The van der Waals surface area contributed by atoms with Crippen LogP contribution in [0, 0.1) is 5.41 Å². The van der Waals surface area contributed by atoms with Gasteiger partial charge in [0.05, 0.1) is 0 Å². The molecule has 0 bridgehead atoms. The Kier molecular flexibility index (Phi) is 6.26. The van der Waals surface area contributed by atoms with E-state index in [0.717, 1.165) is 12.8 Å². The van der Waals surface area contributed by atoms with E-state index in [4.69, 9.17) is 9.84 Å². The summed E-state index contributed by atoms with van der Waals surface area (Å²) in [5, 5.41) is 11.7. The number of piperidine rings is 1. The number of hydrogen-bond donors (Lipinski definition) is 2. The zero-order valence-electron chi connectivity index (χ0n) is 12.6. The van der Waals surface area contributed by atoms with E-state index >= 15 is 0 Å². The third-order valence-corrected chi connectivity index (χ3v) is 3.84. The van der Waals surface area contributed by atoms with E-state index < -0.39 is 12.0 Å². The lowest BCUT2D eigenvalue weighted by Crippen LogP contribution is -2.51. The van der Waals surface area contributed by atoms with Gasteiger partial charge in [-0.3, -0.25) is 0 Å². The fraction of sp³-hybridized carbons (Fsp3) is 0.857. The minimum Gasteiger partial charge on any atom is -0.480 e. The third kappa shape index (κ3) is 5.36. The van der Waals surface area contributed by atoms with Gasteiger partial charge in [0.25, 0.3) is 0 Å². The molecule has 1 unspecified atom stereocenters. The molecule has 1 atom stereocenters. The fourth-order valence-electron chi connectivity index (χ4n) is 2.24. The monoisotopic (exact) mass is 286 g/mol. The van der Waals surface area contributed by atoms with Gasteiger partial charge in [0.2, 0.25) is 0 Å². The van der Waals surface area contributed by atoms with Gasteiger partial charge in [0, 0.05) is 26.8 Å². The van der Waals surface area contributed by atoms with Crippen molar-refractivity contribution in [1.82, 2.24) is 10.2 Å². The largest absolute Gasteiger partial charge is 0.480 e. The second-order valence-electron chi connectivity index (χ2n) is 6.13. The molecule has 1 heterocycles. The number of methoxy groups -OCH3 is 1. The first kappa shape index (κ1) is 16.8. The Morgan fingerprint density at radius 1 is 1.35 bits per heavy atom. The van der Waals surface area contributed by atoms with Crippen molar-refractivity contribution in [1.29, 1.82) is 0 Å². The number of likely N-dealkylation sites (tertiary alicyclic amines) is 1. The Hall–Kier alpha value is -1.30. The first-order valence-electron chi connectivity index (χ1n) is 7.13. The molecule has 1 aliphatic rings. The normalized spacial score (nSPS) is 19.4. The van der Waals surface area contributed by atoms with E-state index in [9.17, 15) is 9.59 Å². The lowest BCUT2D eigenvalue weighted by Gasteiger charge is -2.37. The number of carboxylic acid groups (broad SMARTS) is 1. The van der Waals surface area contributed by atoms with Crippen molar-refractivity contribution in [2.75, 3.05) is 26.8 Å². The number of rotatable bonds is 6. The highest BCUT2D eigenvalue weighted by Crippen LogP contribution is 2.29. The molecule has 0 aromatic rings. The van der Waals surface area contributed by atoms with E-state index in [2.05, 4.69) is 19.2 Å². The minimum absolute atomic E-state index is 0.265. The van der Waals surface area contributed by atoms with Crippen LogP contribution >= 0.6 is 0 Å². The molecule has 1 fully saturated rings. The highest BCUT2D eigenvalue weighted by atomic mass is 16.5. The zero-order valence-corrected chi connectivity index (χ0v) is 12.6. The molecule has 1 aliphatic heterocycles. The van der Waals surface area contributed by atoms with Gasteiger partial charge >= 0.3 is 12.0 Å². The molecule has 0 aromatic carbocycles. The van der Waals surface area contributed by atoms with Crippen LogP contribution in [0.4, 0.5) is 4.79 Å². The third-order valence-electron chi connectivity index (χ3n) is 3.84. The molecular weight excluding hydrogens is 260 g/mol. The number of carboxylic acids is 1. The van der Waals surface area contributed by atoms with Crippen LogP contribution in [0.3, 0.4) is 0 Å². The first-order valence-corrected chi connectivity index (χ1v) is 7.13. The summed E-state index contributed by atoms with van der Waals surface area (Å²) in [6, 6.07) is -1.11. The second kappa shape index (κ2) is 7.47. The van der Waals surface area contributed by atoms with Crippen LogP contribution < -0.4 is 5.32 Å². The Labute approximate surface area is 120 Å². The number of nitrogens with zero attached hydrogens (tertiary/aromatic N) is 1. The van der Waals surface area contributed by atoms with Gasteiger partial charge in [-0.2, -0.15) is 0 Å². The summed E-state index contributed by atoms with van der Waals surface area (Å²) in [7, 11) is 1.57. The molecule has 2 amide bonds. The summed E-state index contributed by atoms with van der Waals surface area (Å²) in [5.74, 6) is -0.994. The number of aliphatic carboxylic acids is 1. The predicted molar refractivity (Wildman–Crippen MR) is 75.7 cm³/mol. The molecule has 20 heavy (non-hydrogen) atoms. The molecule has 0 aromatic heterocycles. The van der Waals surface area contributed by atoms with Crippen molar-refractivity contribution in [3.8, 4) is 0 Å². The van der Waals surface area contributed by atoms with Gasteiger partial charge in [0.1, 0.15) is 6.04 Å². The molecule has 116 valence electrons. The lowest BCUT2D eigenvalue weighted by atomic mass is 9.83. The molecule has 6 nitrogen and oxygen atoms in total. The van der Waals surface area contributed by atoms with E-state index in [1.807, 2.05) is 0 Å². The standard InChI is InChI=1S/C14H26N2O4/c1-14(2)6-8-16(9-7-14)13(19)15-11(12(17)18)5-4-10-20-3/h11H,4-10H2,1-3H3,(H,15,19)(H,17,18). The molecule has 0 spiro atoms. The average molecular weight is 286 g/mol. The van der Waals surface area contributed by atoms with Crippen LogP contribution in [0.5, 0.6) is 0 Å². The van der Waals surface area contributed by atoms with Crippen LogP contribution in [-0.4, -0.2) is 54.9 Å². The Bertz CT molecular complexity index is 334. The van der Waals surface area contributed by atoms with Crippen molar-refractivity contribution in [2.45, 2.75) is 45.6 Å². The Morgan fingerprint density at radius 3 is 2.45 bits per heavy atom. The van der Waals surface area contributed by atoms with E-state index in [0.29, 0.717) is 32.5 Å². The molecule has 1 rings (SSSR count). The van der Waals surface area contributed by atoms with Crippen LogP contribution in [0.25, 0.3) is 0 Å². The van der Waals surface area contributed by atoms with E-state index in [1.54, 1.807) is 12.0 Å². The number of urea groups is 1. The average Bonchev–Trinajstić information content (AvgIpc) is 2.37. The van der Waals surface area contributed by atoms with Crippen LogP contribution in [0.15, 0.2) is 0 Å². The van der Waals surface area contributed by atoms with Crippen LogP contribution in [0.1, 0.15) is 39.5 Å². The molecule has 0 saturated carbocycles. The lowest BCUT2D eigenvalue weighted by molar-refractivity contribution is -0.139. The summed E-state index contributed by atoms with van der Waals surface area (Å²) in [6.45, 7) is 6.24. The Balaban J connectivity index is 2.44. The van der Waals surface area contributed by atoms with Gasteiger partial charge in [0.15, 0.2) is 0 Å². The number of carbonyl (C=O) groups is 2. The topological polar surface area (TPSA) is 78.9 Å². The molecule has 6 heteroatoms. The molecule has 1 saturated heterocycles. The number of hydrogen-bond acceptors (Lipinski definition) is 3. The van der Waals surface area contributed by atoms with Crippen molar-refractivity contribution in [3.63, 3.8) is 0 Å². The summed E-state index contributed by atoms with van der Waals surface area (Å²) in [4.78, 5) is 24.9. The maximum atomic E-state index is 12.1. The highest BCUT2D eigenvalue weighted by molar-refractivity contribution is 5.82. The van der Waals surface area contributed by atoms with Crippen LogP contribution in [-0.2, 0) is 9.53 Å². The SMILES string of the molecule is COCCCC(NC(=O)N1CCC(C)(C)CC1)C(=O)O. The predicted octanol–water partition coefficient (Wildman–Crippen LogP) is 1.70. The van der Waals surface area contributed by atoms with Gasteiger partial charge < -0.3 is 20.1 Å². The molecular formula is C14H26N2O4. The van der Waals surface area contributed by atoms with Crippen LogP contribution in [0.2, 0.25) is 0 Å². The fourth-order valence-corrected chi connectivity index (χ4v) is 2.24. The van der Waals surface area contributed by atoms with Crippen molar-refractivity contribution < 1.29 is 19.4 Å². The molecule has 0 aliphatic carbocycles. The van der Waals surface area contributed by atoms with Gasteiger partial charge in [-0.25, -0.2) is 9.59 Å². The first-order chi connectivity index (χ1) is 9.35. The van der Waals surface area contributed by atoms with Crippen molar-refractivity contribution in [2.24, 2.45) is 5.41 Å². The van der Waals surface area contributed by atoms with Gasteiger partial charge in [-0.15, -0.1) is 0 Å². The van der Waals surface area contributed by atoms with Gasteiger partial charge in [-0.05, 0) is 31.1 Å². The summed E-state index contributed by atoms with van der Waals surface area (Å²) in [6.07, 6.45) is 2.89. The van der Waals surface area contributed by atoms with Crippen molar-refractivity contribution in [3.05, 3.63) is 0 Å². The summed E-state index contributed by atoms with van der Waals surface area (Å²) >= 11 is 0. The number of nitrogens with one attached hydrogen (secondary N) is 1. The number of amides is 2. The Morgan fingerprint density at radius 2 is 1.95 bits per heavy atom. The second-order valence-corrected chi connectivity index (χ2v) is 6.13. The van der Waals surface area contributed by atoms with E-state index in [-0.39, 0.29) is 11.4 Å². The van der Waals surface area contributed by atoms with Crippen molar-refractivity contribution >= 4 is 12.0 Å². The summed E-state index contributed by atoms with van der Waals surface area (Å²) < 4.78 is 4.90. The number of ether oxygens (including phenoxy) is 1. The van der Waals surface area contributed by atoms with Gasteiger partial charge in [-0.1, -0.05) is 13.8 Å². The maximum absolute atomic E-state index is 12.1. The highest BCUT2D eigenvalue weighted by Gasteiger charge is 2.29. The smallest absolute Gasteiger partial charge is 0.326 e. The number of carbonyl (C=O) groups excluding carboxylic acids is 1. The maximum Gasteiger partial charge on any atom is 0.326 e.